The van der Waals surface area contributed by atoms with Gasteiger partial charge in [0.15, 0.2) is 0 Å². The van der Waals surface area contributed by atoms with Crippen LogP contribution in [0.3, 0.4) is 0 Å². The van der Waals surface area contributed by atoms with E-state index in [0.29, 0.717) is 30.1 Å². The predicted octanol–water partition coefficient (Wildman–Crippen LogP) is 3.40. The first kappa shape index (κ1) is 22.6. The smallest absolute Gasteiger partial charge is 0.334 e. The zero-order chi connectivity index (χ0) is 24.7. The Bertz CT molecular complexity index is 1570. The van der Waals surface area contributed by atoms with Crippen LogP contribution in [0.2, 0.25) is 0 Å². The van der Waals surface area contributed by atoms with Crippen molar-refractivity contribution in [2.24, 2.45) is 0 Å². The Labute approximate surface area is 202 Å². The number of aromatic nitrogens is 4. The summed E-state index contributed by atoms with van der Waals surface area (Å²) in [5.74, 6) is 0.583. The van der Waals surface area contributed by atoms with Crippen LogP contribution in [0.4, 0.5) is 0 Å². The Morgan fingerprint density at radius 1 is 1.03 bits per heavy atom. The van der Waals surface area contributed by atoms with Crippen LogP contribution in [0.25, 0.3) is 17.0 Å². The van der Waals surface area contributed by atoms with Gasteiger partial charge < -0.3 is 4.90 Å². The summed E-state index contributed by atoms with van der Waals surface area (Å²) in [6.07, 6.45) is 7.73. The lowest BCUT2D eigenvalue weighted by molar-refractivity contribution is 0.0773. The number of imidazole rings is 1. The standard InChI is InChI=1S/C27H27N5O3/c1-27(2,3)21-6-4-19(5-7-21)25(34)30-12-8-18(9-13-30)20-10-14-31-22(16-20)28-17-24(31)32-15-11-23(33)29-26(32)35/h4-8,10-11,14-17H,9,12-13H2,1-3H3,(H,29,33,35). The van der Waals surface area contributed by atoms with Crippen LogP contribution < -0.4 is 11.2 Å². The van der Waals surface area contributed by atoms with Gasteiger partial charge >= 0.3 is 5.69 Å². The molecule has 0 radical (unpaired) electrons. The summed E-state index contributed by atoms with van der Waals surface area (Å²) < 4.78 is 3.14. The van der Waals surface area contributed by atoms with Gasteiger partial charge in [-0.25, -0.2) is 9.78 Å². The monoisotopic (exact) mass is 469 g/mol. The molecule has 0 fully saturated rings. The molecule has 1 N–H and O–H groups in total. The van der Waals surface area contributed by atoms with Crippen LogP contribution in [0.15, 0.2) is 76.7 Å². The SMILES string of the molecule is CC(C)(C)c1ccc(C(=O)N2CC=C(c3ccn4c(-n5ccc(=O)[nH]c5=O)cnc4c3)CC2)cc1. The van der Waals surface area contributed by atoms with Gasteiger partial charge in [-0.2, -0.15) is 0 Å². The number of amides is 1. The van der Waals surface area contributed by atoms with E-state index in [1.807, 2.05) is 47.5 Å². The Balaban J connectivity index is 1.34. The average Bonchev–Trinajstić information content (AvgIpc) is 3.26. The average molecular weight is 470 g/mol. The van der Waals surface area contributed by atoms with Gasteiger partial charge in [-0.05, 0) is 52.8 Å². The number of rotatable bonds is 3. The minimum absolute atomic E-state index is 0.0421. The zero-order valence-corrected chi connectivity index (χ0v) is 20.0. The Morgan fingerprint density at radius 3 is 2.46 bits per heavy atom. The maximum Gasteiger partial charge on any atom is 0.334 e. The van der Waals surface area contributed by atoms with Gasteiger partial charge in [-0.3, -0.25) is 23.5 Å². The minimum Gasteiger partial charge on any atom is -0.335 e. The molecule has 4 aromatic rings. The first-order valence-electron chi connectivity index (χ1n) is 11.6. The second-order valence-corrected chi connectivity index (χ2v) is 9.80. The molecule has 178 valence electrons. The number of aromatic amines is 1. The number of carbonyl (C=O) groups is 1. The molecule has 0 saturated carbocycles. The first-order valence-corrected chi connectivity index (χ1v) is 11.6. The maximum absolute atomic E-state index is 13.0. The van der Waals surface area contributed by atoms with Crippen molar-refractivity contribution in [3.05, 3.63) is 105 Å². The topological polar surface area (TPSA) is 92.5 Å². The van der Waals surface area contributed by atoms with E-state index in [-0.39, 0.29) is 11.3 Å². The summed E-state index contributed by atoms with van der Waals surface area (Å²) in [4.78, 5) is 45.1. The summed E-state index contributed by atoms with van der Waals surface area (Å²) in [7, 11) is 0. The van der Waals surface area contributed by atoms with E-state index in [2.05, 4.69) is 36.8 Å². The van der Waals surface area contributed by atoms with Gasteiger partial charge in [0, 0.05) is 37.1 Å². The highest BCUT2D eigenvalue weighted by Gasteiger charge is 2.21. The van der Waals surface area contributed by atoms with Crippen LogP contribution in [0.5, 0.6) is 0 Å². The van der Waals surface area contributed by atoms with Crippen molar-refractivity contribution in [3.63, 3.8) is 0 Å². The van der Waals surface area contributed by atoms with Crippen molar-refractivity contribution >= 4 is 17.1 Å². The second-order valence-electron chi connectivity index (χ2n) is 9.80. The Morgan fingerprint density at radius 2 is 1.80 bits per heavy atom. The predicted molar refractivity (Wildman–Crippen MR) is 135 cm³/mol. The van der Waals surface area contributed by atoms with Crippen LogP contribution in [-0.4, -0.2) is 42.8 Å². The second kappa shape index (κ2) is 8.54. The molecule has 0 bridgehead atoms. The van der Waals surface area contributed by atoms with E-state index in [1.54, 1.807) is 10.6 Å². The molecule has 35 heavy (non-hydrogen) atoms. The highest BCUT2D eigenvalue weighted by atomic mass is 16.2. The zero-order valence-electron chi connectivity index (χ0n) is 20.0. The van der Waals surface area contributed by atoms with Crippen molar-refractivity contribution in [2.45, 2.75) is 32.6 Å². The molecule has 5 rings (SSSR count). The van der Waals surface area contributed by atoms with Gasteiger partial charge in [-0.15, -0.1) is 0 Å². The summed E-state index contributed by atoms with van der Waals surface area (Å²) >= 11 is 0. The molecule has 3 aromatic heterocycles. The number of fused-ring (bicyclic) bond motifs is 1. The molecule has 1 amide bonds. The summed E-state index contributed by atoms with van der Waals surface area (Å²) in [6.45, 7) is 7.67. The molecular weight excluding hydrogens is 442 g/mol. The van der Waals surface area contributed by atoms with Crippen LogP contribution in [0, 0.1) is 0 Å². The number of hydrogen-bond donors (Lipinski definition) is 1. The molecule has 0 spiro atoms. The van der Waals surface area contributed by atoms with Gasteiger partial charge in [-0.1, -0.05) is 39.0 Å². The number of benzene rings is 1. The lowest BCUT2D eigenvalue weighted by atomic mass is 9.86. The van der Waals surface area contributed by atoms with E-state index < -0.39 is 11.2 Å². The van der Waals surface area contributed by atoms with Gasteiger partial charge in [0.2, 0.25) is 0 Å². The number of nitrogens with zero attached hydrogens (tertiary/aromatic N) is 4. The van der Waals surface area contributed by atoms with Crippen molar-refractivity contribution in [3.8, 4) is 5.82 Å². The lowest BCUT2D eigenvalue weighted by Gasteiger charge is -2.27. The van der Waals surface area contributed by atoms with Crippen molar-refractivity contribution in [1.82, 2.24) is 23.8 Å². The van der Waals surface area contributed by atoms with Crippen LogP contribution in [0.1, 0.15) is 48.7 Å². The van der Waals surface area contributed by atoms with E-state index in [4.69, 9.17) is 0 Å². The molecular formula is C27H27N5O3. The van der Waals surface area contributed by atoms with Crippen molar-refractivity contribution in [2.75, 3.05) is 13.1 Å². The molecule has 8 nitrogen and oxygen atoms in total. The number of pyridine rings is 1. The van der Waals surface area contributed by atoms with E-state index in [9.17, 15) is 14.4 Å². The fourth-order valence-corrected chi connectivity index (χ4v) is 4.35. The number of H-pyrrole nitrogens is 1. The summed E-state index contributed by atoms with van der Waals surface area (Å²) in [5, 5.41) is 0. The molecule has 0 aliphatic carbocycles. The van der Waals surface area contributed by atoms with Gasteiger partial charge in [0.25, 0.3) is 11.5 Å². The molecule has 1 aromatic carbocycles. The van der Waals surface area contributed by atoms with Crippen LogP contribution in [-0.2, 0) is 5.41 Å². The fraction of sp³-hybridized carbons (Fsp3) is 0.259. The largest absolute Gasteiger partial charge is 0.335 e. The molecule has 1 aliphatic heterocycles. The maximum atomic E-state index is 13.0. The molecule has 0 saturated heterocycles. The van der Waals surface area contributed by atoms with E-state index in [1.165, 1.54) is 22.4 Å². The third-order valence-corrected chi connectivity index (χ3v) is 6.43. The first-order chi connectivity index (χ1) is 16.7. The third-order valence-electron chi connectivity index (χ3n) is 6.43. The molecule has 4 heterocycles. The van der Waals surface area contributed by atoms with Gasteiger partial charge in [0.05, 0.1) is 6.20 Å². The Kier molecular flexibility index (Phi) is 5.51. The van der Waals surface area contributed by atoms with E-state index >= 15 is 0 Å². The van der Waals surface area contributed by atoms with E-state index in [0.717, 1.165) is 17.6 Å². The number of hydrogen-bond acceptors (Lipinski definition) is 4. The number of carbonyl (C=O) groups excluding carboxylic acids is 1. The minimum atomic E-state index is -0.517. The highest BCUT2D eigenvalue weighted by Crippen LogP contribution is 2.26. The van der Waals surface area contributed by atoms with Crippen molar-refractivity contribution in [1.29, 1.82) is 0 Å². The molecule has 0 atom stereocenters. The highest BCUT2D eigenvalue weighted by molar-refractivity contribution is 5.95. The quantitative estimate of drug-likeness (QED) is 0.498. The third kappa shape index (κ3) is 4.35. The van der Waals surface area contributed by atoms with Crippen LogP contribution >= 0.6 is 0 Å². The van der Waals surface area contributed by atoms with Gasteiger partial charge in [0.1, 0.15) is 11.5 Å². The Hall–Kier alpha value is -4.20. The molecule has 1 aliphatic rings. The fourth-order valence-electron chi connectivity index (χ4n) is 4.35. The lowest BCUT2D eigenvalue weighted by Crippen LogP contribution is -2.34. The molecule has 0 unspecified atom stereocenters. The summed E-state index contributed by atoms with van der Waals surface area (Å²) in [6, 6.07) is 13.1. The number of nitrogens with one attached hydrogen (secondary N) is 1. The normalized spacial score (nSPS) is 14.3. The van der Waals surface area contributed by atoms with Crippen molar-refractivity contribution < 1.29 is 4.79 Å². The summed E-state index contributed by atoms with van der Waals surface area (Å²) in [5.41, 5.74) is 3.88. The molecule has 8 heteroatoms.